The maximum atomic E-state index is 10.2. The number of aromatic hydroxyl groups is 1. The Balaban J connectivity index is -0.000000464. The Morgan fingerprint density at radius 3 is 1.88 bits per heavy atom. The monoisotopic (exact) mass is 291 g/mol. The molecular weight excluding hydrogens is 283 g/mol. The van der Waals surface area contributed by atoms with Crippen LogP contribution in [0.5, 0.6) is 5.75 Å². The first kappa shape index (κ1) is 20.5. The molecule has 0 heterocycles. The van der Waals surface area contributed by atoms with Crippen LogP contribution < -0.4 is 0 Å². The van der Waals surface area contributed by atoms with E-state index in [0.717, 1.165) is 12.1 Å². The Kier molecular flexibility index (Phi) is 11.2. The first-order valence-corrected chi connectivity index (χ1v) is 3.70. The van der Waals surface area contributed by atoms with Crippen LogP contribution in [0.25, 0.3) is 12.3 Å². The average molecular weight is 291 g/mol. The number of hydrogen-bond donors (Lipinski definition) is 1. The van der Waals surface area contributed by atoms with Gasteiger partial charge in [-0.2, -0.15) is 0 Å². The zero-order valence-corrected chi connectivity index (χ0v) is 9.14. The van der Waals surface area contributed by atoms with Crippen molar-refractivity contribution in [2.45, 2.75) is 0 Å². The van der Waals surface area contributed by atoms with Gasteiger partial charge in [-0.05, 0) is 6.07 Å². The summed E-state index contributed by atoms with van der Waals surface area (Å²) in [5.41, 5.74) is -1.10. The summed E-state index contributed by atoms with van der Waals surface area (Å²) in [6, 6.07) is 2.61. The molecule has 0 radical (unpaired) electrons. The predicted molar refractivity (Wildman–Crippen MR) is 52.7 cm³/mol. The molecule has 17 heavy (non-hydrogen) atoms. The standard InChI is InChI=1S/C6H4N2O5.Co.2H2N.O/c9-6-2-1-4(7(10)11)3-5(6)8(12)13;;;;/h1-3,9H;;2*1H2;/q;;2*-1;. The maximum absolute atomic E-state index is 10.2. The number of hydrogen-bond acceptors (Lipinski definition) is 6. The van der Waals surface area contributed by atoms with Crippen molar-refractivity contribution in [3.8, 4) is 5.75 Å². The van der Waals surface area contributed by atoms with E-state index in [1.54, 1.807) is 0 Å². The number of benzene rings is 1. The van der Waals surface area contributed by atoms with Gasteiger partial charge in [0.05, 0.1) is 15.9 Å². The van der Waals surface area contributed by atoms with Crippen LogP contribution >= 0.6 is 0 Å². The van der Waals surface area contributed by atoms with Crippen molar-refractivity contribution in [3.63, 3.8) is 0 Å². The molecule has 5 N–H and O–H groups in total. The SMILES string of the molecule is O=[N+]([O-])c1ccc(O)c([N+](=O)[O-])c1.[NH2-].[NH2-].[O]=[Co]. The number of nitro groups is 2. The van der Waals surface area contributed by atoms with Gasteiger partial charge in [-0.15, -0.1) is 0 Å². The molecule has 10 nitrogen and oxygen atoms in total. The topological polar surface area (TPSA) is 191 Å². The molecule has 0 aliphatic carbocycles. The minimum absolute atomic E-state index is 0. The molecule has 0 atom stereocenters. The first-order chi connectivity index (χ1) is 7.02. The molecule has 0 bridgehead atoms. The second kappa shape index (κ2) is 9.29. The molecule has 0 unspecified atom stereocenters. The fourth-order valence-corrected chi connectivity index (χ4v) is 0.772. The molecule has 1 rings (SSSR count). The Morgan fingerprint density at radius 1 is 1.06 bits per heavy atom. The average Bonchev–Trinajstić information content (AvgIpc) is 2.20. The molecular formula is C6H8CoN4O6-2. The number of nitrogens with two attached hydrogens (primary N) is 2. The third kappa shape index (κ3) is 5.62. The van der Waals surface area contributed by atoms with Crippen LogP contribution in [0.1, 0.15) is 0 Å². The van der Waals surface area contributed by atoms with Crippen molar-refractivity contribution in [3.05, 3.63) is 50.7 Å². The van der Waals surface area contributed by atoms with Gasteiger partial charge in [-0.3, -0.25) is 20.2 Å². The Bertz CT molecular complexity index is 400. The van der Waals surface area contributed by atoms with E-state index in [0.29, 0.717) is 6.07 Å². The van der Waals surface area contributed by atoms with Crippen LogP contribution in [0.4, 0.5) is 11.4 Å². The van der Waals surface area contributed by atoms with Crippen LogP contribution in [0.2, 0.25) is 0 Å². The Morgan fingerprint density at radius 2 is 1.53 bits per heavy atom. The van der Waals surface area contributed by atoms with E-state index in [1.807, 2.05) is 0 Å². The Hall–Kier alpha value is -1.95. The molecule has 1 aromatic carbocycles. The van der Waals surface area contributed by atoms with Crippen molar-refractivity contribution in [2.75, 3.05) is 0 Å². The molecule has 0 aliphatic rings. The molecule has 0 saturated carbocycles. The molecule has 99 valence electrons. The van der Waals surface area contributed by atoms with E-state index >= 15 is 0 Å². The van der Waals surface area contributed by atoms with Gasteiger partial charge < -0.3 is 17.4 Å². The second-order valence-corrected chi connectivity index (χ2v) is 2.19. The zero-order chi connectivity index (χ0) is 12.0. The van der Waals surface area contributed by atoms with E-state index < -0.39 is 27.0 Å². The summed E-state index contributed by atoms with van der Waals surface area (Å²) in [5.74, 6) is -0.587. The Labute approximate surface area is 103 Å². The molecule has 11 heteroatoms. The van der Waals surface area contributed by atoms with Crippen molar-refractivity contribution in [1.29, 1.82) is 0 Å². The number of phenols is 1. The number of rotatable bonds is 2. The third-order valence-electron chi connectivity index (χ3n) is 1.37. The number of nitrogens with zero attached hydrogens (tertiary/aromatic N) is 2. The summed E-state index contributed by atoms with van der Waals surface area (Å²) in [6.07, 6.45) is 0. The van der Waals surface area contributed by atoms with Crippen LogP contribution in [-0.2, 0) is 19.5 Å². The van der Waals surface area contributed by atoms with E-state index in [4.69, 9.17) is 8.97 Å². The van der Waals surface area contributed by atoms with Crippen molar-refractivity contribution < 1.29 is 34.5 Å². The summed E-state index contributed by atoms with van der Waals surface area (Å²) < 4.78 is 7.94. The fourth-order valence-electron chi connectivity index (χ4n) is 0.772. The molecule has 0 aliphatic heterocycles. The predicted octanol–water partition coefficient (Wildman–Crippen LogP) is 2.52. The summed E-state index contributed by atoms with van der Waals surface area (Å²) in [6.45, 7) is 0. The van der Waals surface area contributed by atoms with Crippen molar-refractivity contribution in [2.24, 2.45) is 0 Å². The van der Waals surface area contributed by atoms with Gasteiger partial charge in [-0.1, -0.05) is 0 Å². The van der Waals surface area contributed by atoms with Gasteiger partial charge in [0.15, 0.2) is 5.75 Å². The number of non-ortho nitro benzene ring substituents is 1. The molecule has 0 fully saturated rings. The van der Waals surface area contributed by atoms with Gasteiger partial charge in [0.2, 0.25) is 0 Å². The van der Waals surface area contributed by atoms with Gasteiger partial charge >= 0.3 is 25.2 Å². The summed E-state index contributed by atoms with van der Waals surface area (Å²) >= 11 is 2.31. The first-order valence-electron chi connectivity index (χ1n) is 3.28. The van der Waals surface area contributed by atoms with Gasteiger partial charge in [0.25, 0.3) is 5.69 Å². The van der Waals surface area contributed by atoms with Gasteiger partial charge in [-0.25, -0.2) is 0 Å². The van der Waals surface area contributed by atoms with Crippen LogP contribution in [0.3, 0.4) is 0 Å². The summed E-state index contributed by atoms with van der Waals surface area (Å²) in [5, 5.41) is 29.3. The zero-order valence-electron chi connectivity index (χ0n) is 8.10. The normalized spacial score (nSPS) is 7.59. The molecule has 0 aromatic heterocycles. The third-order valence-corrected chi connectivity index (χ3v) is 1.37. The van der Waals surface area contributed by atoms with E-state index in [1.165, 1.54) is 0 Å². The molecule has 0 spiro atoms. The van der Waals surface area contributed by atoms with Gasteiger partial charge in [0.1, 0.15) is 0 Å². The second-order valence-electron chi connectivity index (χ2n) is 2.19. The van der Waals surface area contributed by atoms with Gasteiger partial charge in [0, 0.05) is 6.07 Å². The van der Waals surface area contributed by atoms with E-state index in [2.05, 4.69) is 15.7 Å². The quantitative estimate of drug-likeness (QED) is 0.642. The fraction of sp³-hybridized carbons (Fsp3) is 0. The minimum atomic E-state index is -0.887. The van der Waals surface area contributed by atoms with Crippen LogP contribution in [0.15, 0.2) is 18.2 Å². The summed E-state index contributed by atoms with van der Waals surface area (Å²) in [4.78, 5) is 18.7. The van der Waals surface area contributed by atoms with Crippen molar-refractivity contribution in [1.82, 2.24) is 0 Å². The molecule has 0 amide bonds. The number of nitro benzene ring substituents is 2. The molecule has 1 aromatic rings. The van der Waals surface area contributed by atoms with E-state index in [9.17, 15) is 20.2 Å². The van der Waals surface area contributed by atoms with Crippen LogP contribution in [-0.4, -0.2) is 15.0 Å². The molecule has 0 saturated heterocycles. The number of phenolic OH excluding ortho intramolecular Hbond substituents is 1. The summed E-state index contributed by atoms with van der Waals surface area (Å²) in [7, 11) is 0. The van der Waals surface area contributed by atoms with E-state index in [-0.39, 0.29) is 12.3 Å². The van der Waals surface area contributed by atoms with Crippen molar-refractivity contribution >= 4 is 11.4 Å². The van der Waals surface area contributed by atoms with Crippen LogP contribution in [0, 0.1) is 20.2 Å².